The van der Waals surface area contributed by atoms with Crippen LogP contribution < -0.4 is 5.56 Å². The smallest absolute Gasteiger partial charge is 0.323 e. The van der Waals surface area contributed by atoms with Gasteiger partial charge in [0.15, 0.2) is 9.84 Å². The lowest BCUT2D eigenvalue weighted by atomic mass is 10.0. The number of halogens is 3. The Labute approximate surface area is 186 Å². The van der Waals surface area contributed by atoms with Crippen LogP contribution >= 0.6 is 0 Å². The quantitative estimate of drug-likeness (QED) is 0.532. The molecule has 0 unspecified atom stereocenters. The van der Waals surface area contributed by atoms with E-state index in [0.717, 1.165) is 6.07 Å². The number of rotatable bonds is 4. The standard InChI is InChI=1S/C21H20F3N4O4S/c1-4-28-17(21(22,23)24)10-15-18(20(28)29)26(3)19(25-15)14-8-12-6-7-27(30)11-13(12)9-16(14)33(31,32)5-2/h6-10H,4-5,11H2,1-3H3/q+1. The van der Waals surface area contributed by atoms with Crippen molar-refractivity contribution in [2.75, 3.05) is 5.75 Å². The number of aryl methyl sites for hydroxylation is 1. The van der Waals surface area contributed by atoms with Gasteiger partial charge in [0.25, 0.3) is 5.56 Å². The van der Waals surface area contributed by atoms with Crippen molar-refractivity contribution in [3.8, 4) is 11.4 Å². The predicted molar refractivity (Wildman–Crippen MR) is 115 cm³/mol. The summed E-state index contributed by atoms with van der Waals surface area (Å²) in [6, 6.07) is 3.72. The van der Waals surface area contributed by atoms with Gasteiger partial charge in [0.2, 0.25) is 12.7 Å². The van der Waals surface area contributed by atoms with Crippen molar-refractivity contribution in [3.63, 3.8) is 0 Å². The minimum Gasteiger partial charge on any atom is -0.323 e. The van der Waals surface area contributed by atoms with E-state index in [4.69, 9.17) is 0 Å². The molecule has 0 aliphatic carbocycles. The number of hydrogen-bond acceptors (Lipinski definition) is 5. The van der Waals surface area contributed by atoms with Gasteiger partial charge in [-0.2, -0.15) is 13.2 Å². The predicted octanol–water partition coefficient (Wildman–Crippen LogP) is 3.50. The summed E-state index contributed by atoms with van der Waals surface area (Å²) in [7, 11) is -2.34. The van der Waals surface area contributed by atoms with Crippen LogP contribution in [0.1, 0.15) is 30.7 Å². The van der Waals surface area contributed by atoms with Crippen molar-refractivity contribution < 1.29 is 26.3 Å². The molecular formula is C21H20F3N4O4S+. The van der Waals surface area contributed by atoms with Gasteiger partial charge in [-0.1, -0.05) is 6.92 Å². The van der Waals surface area contributed by atoms with E-state index in [2.05, 4.69) is 4.98 Å². The van der Waals surface area contributed by atoms with E-state index >= 15 is 0 Å². The Hall–Kier alpha value is -3.28. The number of aromatic nitrogens is 3. The Morgan fingerprint density at radius 3 is 2.48 bits per heavy atom. The molecular weight excluding hydrogens is 461 g/mol. The first-order valence-electron chi connectivity index (χ1n) is 10.1. The van der Waals surface area contributed by atoms with Crippen LogP contribution in [0.3, 0.4) is 0 Å². The molecule has 174 valence electrons. The maximum Gasteiger partial charge on any atom is 0.431 e. The van der Waals surface area contributed by atoms with Crippen LogP contribution in [0.4, 0.5) is 13.2 Å². The minimum absolute atomic E-state index is 0.0388. The van der Waals surface area contributed by atoms with Crippen molar-refractivity contribution in [2.45, 2.75) is 38.0 Å². The fraction of sp³-hybridized carbons (Fsp3) is 0.333. The summed E-state index contributed by atoms with van der Waals surface area (Å²) in [6.45, 7) is 2.65. The van der Waals surface area contributed by atoms with E-state index in [0.29, 0.717) is 20.5 Å². The molecule has 0 bridgehead atoms. The monoisotopic (exact) mass is 481 g/mol. The van der Waals surface area contributed by atoms with E-state index in [1.165, 1.54) is 49.9 Å². The molecule has 0 fully saturated rings. The lowest BCUT2D eigenvalue weighted by molar-refractivity contribution is -0.496. The summed E-state index contributed by atoms with van der Waals surface area (Å²) in [5.74, 6) is -0.197. The van der Waals surface area contributed by atoms with Gasteiger partial charge in [0.1, 0.15) is 17.0 Å². The summed E-state index contributed by atoms with van der Waals surface area (Å²) < 4.78 is 69.0. The Morgan fingerprint density at radius 2 is 1.88 bits per heavy atom. The number of nitroso groups, excluding NO2 is 1. The molecule has 0 spiro atoms. The van der Waals surface area contributed by atoms with Crippen molar-refractivity contribution in [2.24, 2.45) is 7.05 Å². The topological polar surface area (TPSA) is 94.0 Å². The third kappa shape index (κ3) is 3.67. The molecule has 12 heteroatoms. The molecule has 0 radical (unpaired) electrons. The van der Waals surface area contributed by atoms with E-state index < -0.39 is 27.3 Å². The Kier molecular flexibility index (Phi) is 5.31. The van der Waals surface area contributed by atoms with E-state index in [9.17, 15) is 31.3 Å². The molecule has 0 atom stereocenters. The van der Waals surface area contributed by atoms with Gasteiger partial charge in [-0.05, 0) is 30.7 Å². The second-order valence-electron chi connectivity index (χ2n) is 7.65. The molecule has 0 saturated heterocycles. The fourth-order valence-corrected chi connectivity index (χ4v) is 5.13. The van der Waals surface area contributed by atoms with Gasteiger partial charge in [0.05, 0.1) is 16.2 Å². The molecule has 3 heterocycles. The number of hydrogen-bond donors (Lipinski definition) is 0. The number of fused-ring (bicyclic) bond motifs is 2. The number of alkyl halides is 3. The summed E-state index contributed by atoms with van der Waals surface area (Å²) in [4.78, 5) is 28.8. The fourth-order valence-electron chi connectivity index (χ4n) is 4.01. The summed E-state index contributed by atoms with van der Waals surface area (Å²) in [5, 5.41) is 0. The molecule has 33 heavy (non-hydrogen) atoms. The maximum atomic E-state index is 13.5. The van der Waals surface area contributed by atoms with E-state index in [1.807, 2.05) is 0 Å². The molecule has 8 nitrogen and oxygen atoms in total. The highest BCUT2D eigenvalue weighted by molar-refractivity contribution is 7.91. The average Bonchev–Trinajstić information content (AvgIpc) is 3.08. The second-order valence-corrected chi connectivity index (χ2v) is 9.89. The number of sulfone groups is 1. The van der Waals surface area contributed by atoms with Gasteiger partial charge in [-0.3, -0.25) is 4.79 Å². The van der Waals surface area contributed by atoms with Crippen LogP contribution in [-0.2, 0) is 36.2 Å². The highest BCUT2D eigenvalue weighted by Crippen LogP contribution is 2.35. The molecule has 0 N–H and O–H groups in total. The number of benzene rings is 1. The van der Waals surface area contributed by atoms with Gasteiger partial charge in [-0.25, -0.2) is 13.4 Å². The first-order valence-corrected chi connectivity index (χ1v) is 11.7. The summed E-state index contributed by atoms with van der Waals surface area (Å²) in [6.07, 6.45) is -1.95. The van der Waals surface area contributed by atoms with Gasteiger partial charge in [0, 0.05) is 40.5 Å². The minimum atomic E-state index is -4.77. The van der Waals surface area contributed by atoms with Gasteiger partial charge in [-0.15, -0.1) is 0 Å². The van der Waals surface area contributed by atoms with Gasteiger partial charge >= 0.3 is 6.18 Å². The van der Waals surface area contributed by atoms with Crippen LogP contribution in [0.15, 0.2) is 34.1 Å². The van der Waals surface area contributed by atoms with Crippen molar-refractivity contribution in [1.29, 1.82) is 0 Å². The maximum absolute atomic E-state index is 13.5. The molecule has 1 aliphatic heterocycles. The Balaban J connectivity index is 2.09. The molecule has 4 rings (SSSR count). The largest absolute Gasteiger partial charge is 0.431 e. The summed E-state index contributed by atoms with van der Waals surface area (Å²) in [5.41, 5.74) is -1.03. The highest BCUT2D eigenvalue weighted by atomic mass is 32.2. The number of imidazole rings is 1. The molecule has 1 aliphatic rings. The van der Waals surface area contributed by atoms with Crippen LogP contribution in [0.25, 0.3) is 28.5 Å². The van der Waals surface area contributed by atoms with E-state index in [1.54, 1.807) is 0 Å². The van der Waals surface area contributed by atoms with Gasteiger partial charge < -0.3 is 9.13 Å². The van der Waals surface area contributed by atoms with E-state index in [-0.39, 0.29) is 46.2 Å². The lowest BCUT2D eigenvalue weighted by Crippen LogP contribution is -2.28. The third-order valence-electron chi connectivity index (χ3n) is 5.68. The summed E-state index contributed by atoms with van der Waals surface area (Å²) >= 11 is 0. The van der Waals surface area contributed by atoms with Crippen LogP contribution in [0, 0.1) is 4.91 Å². The molecule has 0 amide bonds. The second kappa shape index (κ2) is 7.65. The van der Waals surface area contributed by atoms with Crippen LogP contribution in [0.2, 0.25) is 0 Å². The molecule has 0 saturated carbocycles. The highest BCUT2D eigenvalue weighted by Gasteiger charge is 2.36. The zero-order valence-corrected chi connectivity index (χ0v) is 18.8. The normalized spacial score (nSPS) is 14.2. The number of nitrogens with zero attached hydrogens (tertiary/aromatic N) is 4. The van der Waals surface area contributed by atoms with Crippen LogP contribution in [0.5, 0.6) is 0 Å². The van der Waals surface area contributed by atoms with Crippen molar-refractivity contribution >= 4 is 26.9 Å². The zero-order chi connectivity index (χ0) is 24.3. The van der Waals surface area contributed by atoms with Crippen LogP contribution in [-0.4, -0.2) is 33.0 Å². The SMILES string of the molecule is CCn1c(C(F)(F)F)cc2nc(-c3cc4c(cc3S(=O)(=O)CC)C[N+](=O)C=C4)n(C)c2c1=O. The third-order valence-corrected chi connectivity index (χ3v) is 7.45. The Bertz CT molecular complexity index is 1520. The zero-order valence-electron chi connectivity index (χ0n) is 18.0. The average molecular weight is 481 g/mol. The first kappa shape index (κ1) is 22.9. The van der Waals surface area contributed by atoms with Crippen molar-refractivity contribution in [3.05, 3.63) is 56.5 Å². The van der Waals surface area contributed by atoms with Crippen molar-refractivity contribution in [1.82, 2.24) is 14.1 Å². The first-order chi connectivity index (χ1) is 15.4. The molecule has 2 aromatic heterocycles. The Morgan fingerprint density at radius 1 is 1.18 bits per heavy atom. The number of pyridine rings is 1. The molecule has 3 aromatic rings. The molecule has 1 aromatic carbocycles. The lowest BCUT2D eigenvalue weighted by Gasteiger charge is -2.15.